The van der Waals surface area contributed by atoms with E-state index >= 15 is 0 Å². The molecule has 0 aromatic rings. The van der Waals surface area contributed by atoms with Crippen LogP contribution in [0.4, 0.5) is 0 Å². The maximum Gasteiger partial charge on any atom is 0.303 e. The van der Waals surface area contributed by atoms with Crippen molar-refractivity contribution in [3.63, 3.8) is 0 Å². The Balaban J connectivity index is 2.70. The van der Waals surface area contributed by atoms with Gasteiger partial charge in [0.1, 0.15) is 18.3 Å². The minimum absolute atomic E-state index is 0.553. The van der Waals surface area contributed by atoms with Crippen molar-refractivity contribution in [2.45, 2.75) is 37.6 Å². The first-order chi connectivity index (χ1) is 6.97. The minimum Gasteiger partial charge on any atom is -0.454 e. The summed E-state index contributed by atoms with van der Waals surface area (Å²) in [5.74, 6) is -0.712. The van der Waals surface area contributed by atoms with E-state index in [0.717, 1.165) is 6.92 Å². The fraction of sp³-hybridized carbons (Fsp3) is 0.875. The summed E-state index contributed by atoms with van der Waals surface area (Å²) in [5.41, 5.74) is 0. The van der Waals surface area contributed by atoms with Crippen LogP contribution in [0.3, 0.4) is 0 Å². The van der Waals surface area contributed by atoms with Crippen molar-refractivity contribution in [1.29, 1.82) is 0 Å². The first kappa shape index (κ1) is 12.3. The number of ether oxygens (including phenoxy) is 2. The van der Waals surface area contributed by atoms with Crippen molar-refractivity contribution < 1.29 is 34.7 Å². The Labute approximate surface area is 85.9 Å². The molecule has 1 rings (SSSR count). The predicted octanol–water partition coefficient (Wildman–Crippen LogP) is -2.65. The molecule has 0 amide bonds. The third-order valence-corrected chi connectivity index (χ3v) is 2.14. The summed E-state index contributed by atoms with van der Waals surface area (Å²) in [4.78, 5) is 10.6. The molecule has 1 saturated heterocycles. The molecule has 0 aliphatic carbocycles. The van der Waals surface area contributed by atoms with Crippen molar-refractivity contribution in [2.24, 2.45) is 0 Å². The van der Waals surface area contributed by atoms with E-state index in [1.165, 1.54) is 0 Å². The van der Waals surface area contributed by atoms with Crippen LogP contribution in [0, 0.1) is 0 Å². The molecule has 4 N–H and O–H groups in total. The van der Waals surface area contributed by atoms with Gasteiger partial charge in [0, 0.05) is 6.92 Å². The van der Waals surface area contributed by atoms with Crippen LogP contribution in [0.2, 0.25) is 0 Å². The standard InChI is InChI=1S/C8H14O7/c1-3(10)14-7-6(12)5(11)4(2-9)15-8(7)13/h4-9,11-13H,2H2,1H3/t4-,5-,6+,7+,8-/m1/s1. The molecule has 0 aromatic heterocycles. The maximum absolute atomic E-state index is 10.6. The molecule has 0 saturated carbocycles. The molecule has 7 heteroatoms. The van der Waals surface area contributed by atoms with Crippen LogP contribution in [0.25, 0.3) is 0 Å². The highest BCUT2D eigenvalue weighted by atomic mass is 16.7. The minimum atomic E-state index is -1.57. The number of rotatable bonds is 2. The predicted molar refractivity (Wildman–Crippen MR) is 45.5 cm³/mol. The van der Waals surface area contributed by atoms with Crippen LogP contribution in [0.1, 0.15) is 6.92 Å². The van der Waals surface area contributed by atoms with Gasteiger partial charge < -0.3 is 29.9 Å². The van der Waals surface area contributed by atoms with Crippen LogP contribution in [0.5, 0.6) is 0 Å². The zero-order valence-electron chi connectivity index (χ0n) is 8.11. The van der Waals surface area contributed by atoms with E-state index < -0.39 is 43.3 Å². The first-order valence-electron chi connectivity index (χ1n) is 4.45. The van der Waals surface area contributed by atoms with Gasteiger partial charge in [-0.15, -0.1) is 0 Å². The van der Waals surface area contributed by atoms with Gasteiger partial charge in [0.15, 0.2) is 12.4 Å². The lowest BCUT2D eigenvalue weighted by Gasteiger charge is -2.39. The van der Waals surface area contributed by atoms with Crippen molar-refractivity contribution in [3.8, 4) is 0 Å². The highest BCUT2D eigenvalue weighted by Crippen LogP contribution is 2.22. The number of aliphatic hydroxyl groups excluding tert-OH is 4. The SMILES string of the molecule is CC(=O)O[C@H]1[C@@H](O)[C@H](O)[C@@H](CO)O[C@H]1O. The molecule has 0 bridgehead atoms. The molecule has 0 unspecified atom stereocenters. The maximum atomic E-state index is 10.6. The monoisotopic (exact) mass is 222 g/mol. The van der Waals surface area contributed by atoms with Crippen LogP contribution >= 0.6 is 0 Å². The fourth-order valence-corrected chi connectivity index (χ4v) is 1.39. The molecule has 5 atom stereocenters. The Morgan fingerprint density at radius 1 is 1.33 bits per heavy atom. The summed E-state index contributed by atoms with van der Waals surface area (Å²) < 4.78 is 9.32. The Morgan fingerprint density at radius 3 is 2.40 bits per heavy atom. The van der Waals surface area contributed by atoms with Crippen molar-refractivity contribution in [3.05, 3.63) is 0 Å². The number of carbonyl (C=O) groups excluding carboxylic acids is 1. The lowest BCUT2D eigenvalue weighted by Crippen LogP contribution is -2.59. The summed E-state index contributed by atoms with van der Waals surface area (Å²) >= 11 is 0. The molecule has 0 spiro atoms. The Hall–Kier alpha value is -0.730. The molecule has 1 heterocycles. The fourth-order valence-electron chi connectivity index (χ4n) is 1.39. The lowest BCUT2D eigenvalue weighted by molar-refractivity contribution is -0.290. The van der Waals surface area contributed by atoms with Crippen molar-refractivity contribution >= 4 is 5.97 Å². The van der Waals surface area contributed by atoms with Crippen LogP contribution in [0.15, 0.2) is 0 Å². The van der Waals surface area contributed by atoms with Gasteiger partial charge in [-0.05, 0) is 0 Å². The van der Waals surface area contributed by atoms with Crippen LogP contribution < -0.4 is 0 Å². The highest BCUT2D eigenvalue weighted by molar-refractivity contribution is 5.66. The summed E-state index contributed by atoms with van der Waals surface area (Å²) in [5, 5.41) is 37.0. The van der Waals surface area contributed by atoms with E-state index in [0.29, 0.717) is 0 Å². The van der Waals surface area contributed by atoms with Gasteiger partial charge in [0.2, 0.25) is 0 Å². The van der Waals surface area contributed by atoms with Gasteiger partial charge in [-0.3, -0.25) is 4.79 Å². The number of carbonyl (C=O) groups is 1. The molecule has 0 aromatic carbocycles. The van der Waals surface area contributed by atoms with Crippen LogP contribution in [-0.4, -0.2) is 63.7 Å². The smallest absolute Gasteiger partial charge is 0.303 e. The van der Waals surface area contributed by atoms with Crippen molar-refractivity contribution in [1.82, 2.24) is 0 Å². The Bertz CT molecular complexity index is 231. The highest BCUT2D eigenvalue weighted by Gasteiger charge is 2.45. The summed E-state index contributed by atoms with van der Waals surface area (Å²) in [6, 6.07) is 0. The van der Waals surface area contributed by atoms with Gasteiger partial charge in [0.25, 0.3) is 0 Å². The average molecular weight is 222 g/mol. The van der Waals surface area contributed by atoms with Gasteiger partial charge in [0.05, 0.1) is 6.61 Å². The largest absolute Gasteiger partial charge is 0.454 e. The second-order valence-corrected chi connectivity index (χ2v) is 3.30. The first-order valence-corrected chi connectivity index (χ1v) is 4.45. The Kier molecular flexibility index (Phi) is 4.00. The number of esters is 1. The molecule has 1 aliphatic rings. The number of hydrogen-bond donors (Lipinski definition) is 4. The van der Waals surface area contributed by atoms with E-state index in [4.69, 9.17) is 9.84 Å². The van der Waals surface area contributed by atoms with E-state index in [9.17, 15) is 20.1 Å². The van der Waals surface area contributed by atoms with Gasteiger partial charge in [-0.25, -0.2) is 0 Å². The normalized spacial score (nSPS) is 41.3. The quantitative estimate of drug-likeness (QED) is 0.377. The molecule has 1 fully saturated rings. The molecule has 7 nitrogen and oxygen atoms in total. The summed E-state index contributed by atoms with van der Waals surface area (Å²) in [7, 11) is 0. The van der Waals surface area contributed by atoms with Gasteiger partial charge in [-0.2, -0.15) is 0 Å². The topological polar surface area (TPSA) is 116 Å². The number of aliphatic hydroxyl groups is 4. The molecule has 15 heavy (non-hydrogen) atoms. The molecule has 1 aliphatic heterocycles. The molecule has 88 valence electrons. The molecule has 0 radical (unpaired) electrons. The lowest BCUT2D eigenvalue weighted by atomic mass is 9.99. The van der Waals surface area contributed by atoms with E-state index in [1.807, 2.05) is 0 Å². The molecular formula is C8H14O7. The van der Waals surface area contributed by atoms with Crippen LogP contribution in [-0.2, 0) is 14.3 Å². The zero-order valence-corrected chi connectivity index (χ0v) is 8.11. The summed E-state index contributed by atoms with van der Waals surface area (Å²) in [6.07, 6.45) is -6.91. The van der Waals surface area contributed by atoms with E-state index in [1.54, 1.807) is 0 Å². The van der Waals surface area contributed by atoms with Gasteiger partial charge in [-0.1, -0.05) is 0 Å². The number of hydrogen-bond acceptors (Lipinski definition) is 7. The zero-order chi connectivity index (χ0) is 11.6. The van der Waals surface area contributed by atoms with Gasteiger partial charge >= 0.3 is 5.97 Å². The summed E-state index contributed by atoms with van der Waals surface area (Å²) in [6.45, 7) is 0.548. The average Bonchev–Trinajstić information content (AvgIpc) is 2.18. The third-order valence-electron chi connectivity index (χ3n) is 2.14. The van der Waals surface area contributed by atoms with E-state index in [2.05, 4.69) is 4.74 Å². The Morgan fingerprint density at radius 2 is 1.93 bits per heavy atom. The second-order valence-electron chi connectivity index (χ2n) is 3.30. The van der Waals surface area contributed by atoms with E-state index in [-0.39, 0.29) is 0 Å². The third kappa shape index (κ3) is 2.64. The second kappa shape index (κ2) is 4.86. The van der Waals surface area contributed by atoms with Crippen molar-refractivity contribution in [2.75, 3.05) is 6.61 Å². The molecular weight excluding hydrogens is 208 g/mol.